The van der Waals surface area contributed by atoms with Crippen molar-refractivity contribution in [3.05, 3.63) is 42.9 Å². The molecular weight excluding hydrogens is 386 g/mol. The highest BCUT2D eigenvalue weighted by atomic mass is 16.6. The van der Waals surface area contributed by atoms with Crippen LogP contribution in [0.5, 0.6) is 5.75 Å². The number of fused-ring (bicyclic) bond motifs is 6. The molecule has 1 aromatic carbocycles. The van der Waals surface area contributed by atoms with Crippen LogP contribution in [0.1, 0.15) is 6.42 Å². The first-order chi connectivity index (χ1) is 14.8. The highest BCUT2D eigenvalue weighted by Crippen LogP contribution is 2.23. The van der Waals surface area contributed by atoms with Gasteiger partial charge in [-0.2, -0.15) is 14.8 Å². The van der Waals surface area contributed by atoms with Gasteiger partial charge in [-0.15, -0.1) is 5.10 Å². The zero-order valence-corrected chi connectivity index (χ0v) is 16.0. The lowest BCUT2D eigenvalue weighted by Gasteiger charge is -2.07. The average molecular weight is 405 g/mol. The minimum absolute atomic E-state index is 0.0512. The van der Waals surface area contributed by atoms with Gasteiger partial charge in [0, 0.05) is 12.7 Å². The van der Waals surface area contributed by atoms with Gasteiger partial charge in [-0.25, -0.2) is 4.98 Å². The van der Waals surface area contributed by atoms with Gasteiger partial charge in [0.25, 0.3) is 0 Å². The number of hydrogen-bond donors (Lipinski definition) is 2. The Morgan fingerprint density at radius 3 is 3.00 bits per heavy atom. The molecule has 2 N–H and O–H groups in total. The second kappa shape index (κ2) is 7.04. The smallest absolute Gasteiger partial charge is 0.229 e. The van der Waals surface area contributed by atoms with Crippen LogP contribution in [0.2, 0.25) is 0 Å². The summed E-state index contributed by atoms with van der Waals surface area (Å²) in [5.41, 5.74) is 2.88. The number of aryl methyl sites for hydroxylation is 1. The minimum Gasteiger partial charge on any atom is -0.491 e. The van der Waals surface area contributed by atoms with Crippen molar-refractivity contribution in [2.24, 2.45) is 0 Å². The van der Waals surface area contributed by atoms with Crippen LogP contribution in [0.25, 0.3) is 16.9 Å². The normalized spacial score (nSPS) is 21.1. The van der Waals surface area contributed by atoms with Crippen LogP contribution >= 0.6 is 0 Å². The summed E-state index contributed by atoms with van der Waals surface area (Å²) in [6, 6.07) is 7.65. The van der Waals surface area contributed by atoms with Crippen molar-refractivity contribution in [3.8, 4) is 11.4 Å². The van der Waals surface area contributed by atoms with Crippen molar-refractivity contribution in [1.29, 1.82) is 0 Å². The SMILES string of the molecule is c1nn2cc1Nc1ncc3nnn(c3n1)-c1ccc(cc1)OCC1OC1NCCC2. The molecule has 30 heavy (non-hydrogen) atoms. The number of hydrogen-bond acceptors (Lipinski definition) is 9. The zero-order chi connectivity index (χ0) is 19.9. The minimum atomic E-state index is 0.0512. The predicted octanol–water partition coefficient (Wildman–Crippen LogP) is 1.25. The highest BCUT2D eigenvalue weighted by Gasteiger charge is 2.38. The Labute approximate surface area is 171 Å². The summed E-state index contributed by atoms with van der Waals surface area (Å²) in [7, 11) is 0. The standard InChI is InChI=1S/C19H19N9O2/c1-6-20-18-16(30-18)11-29-14-4-2-13(3-5-14)28-17-15(25-26-28)9-21-19(24-17)23-12-8-22-27(7-1)10-12/h2-5,8-10,16,18,20H,1,6-7,11H2,(H,21,23,24). The van der Waals surface area contributed by atoms with Crippen LogP contribution in [0.15, 0.2) is 42.9 Å². The van der Waals surface area contributed by atoms with Crippen molar-refractivity contribution in [2.45, 2.75) is 25.3 Å². The second-order valence-corrected chi connectivity index (χ2v) is 7.23. The summed E-state index contributed by atoms with van der Waals surface area (Å²) in [5, 5.41) is 19.4. The van der Waals surface area contributed by atoms with Crippen molar-refractivity contribution < 1.29 is 9.47 Å². The van der Waals surface area contributed by atoms with Crippen molar-refractivity contribution in [2.75, 3.05) is 18.5 Å². The molecule has 4 aromatic rings. The summed E-state index contributed by atoms with van der Waals surface area (Å²) in [4.78, 5) is 8.93. The Hall–Kier alpha value is -3.57. The molecule has 0 amide bonds. The molecule has 3 aliphatic rings. The predicted molar refractivity (Wildman–Crippen MR) is 107 cm³/mol. The number of epoxide rings is 1. The molecule has 152 valence electrons. The van der Waals surface area contributed by atoms with Gasteiger partial charge >= 0.3 is 0 Å². The molecular formula is C19H19N9O2. The lowest BCUT2D eigenvalue weighted by molar-refractivity contribution is 0.258. The Balaban J connectivity index is 1.34. The molecule has 0 saturated carbocycles. The van der Waals surface area contributed by atoms with Crippen LogP contribution < -0.4 is 15.4 Å². The van der Waals surface area contributed by atoms with E-state index in [1.165, 1.54) is 0 Å². The molecule has 11 nitrogen and oxygen atoms in total. The average Bonchev–Trinajstić information content (AvgIpc) is 3.15. The lowest BCUT2D eigenvalue weighted by atomic mass is 10.3. The summed E-state index contributed by atoms with van der Waals surface area (Å²) in [6.45, 7) is 2.15. The fourth-order valence-electron chi connectivity index (χ4n) is 3.44. The van der Waals surface area contributed by atoms with Gasteiger partial charge in [-0.05, 0) is 37.2 Å². The van der Waals surface area contributed by atoms with E-state index in [1.807, 2.05) is 35.1 Å². The molecule has 2 atom stereocenters. The number of ether oxygens (including phenoxy) is 2. The highest BCUT2D eigenvalue weighted by molar-refractivity contribution is 5.72. The van der Waals surface area contributed by atoms with E-state index in [1.54, 1.807) is 17.1 Å². The van der Waals surface area contributed by atoms with E-state index >= 15 is 0 Å². The number of benzene rings is 1. The van der Waals surface area contributed by atoms with Crippen molar-refractivity contribution >= 4 is 22.8 Å². The fraction of sp³-hybridized carbons (Fsp3) is 0.316. The molecule has 7 rings (SSSR count). The Morgan fingerprint density at radius 1 is 1.13 bits per heavy atom. The fourth-order valence-corrected chi connectivity index (χ4v) is 3.44. The van der Waals surface area contributed by atoms with Gasteiger partial charge in [0.05, 0.1) is 23.8 Å². The summed E-state index contributed by atoms with van der Waals surface area (Å²) in [6.07, 6.45) is 6.41. The van der Waals surface area contributed by atoms with Crippen LogP contribution in [0, 0.1) is 0 Å². The van der Waals surface area contributed by atoms with Crippen LogP contribution in [0.3, 0.4) is 0 Å². The number of aromatic nitrogens is 7. The number of nitrogens with zero attached hydrogens (tertiary/aromatic N) is 7. The molecule has 11 heteroatoms. The van der Waals surface area contributed by atoms with Gasteiger partial charge in [0.2, 0.25) is 5.95 Å². The Bertz CT molecular complexity index is 1190. The van der Waals surface area contributed by atoms with Gasteiger partial charge in [-0.1, -0.05) is 5.21 Å². The monoisotopic (exact) mass is 405 g/mol. The van der Waals surface area contributed by atoms with E-state index in [4.69, 9.17) is 9.47 Å². The van der Waals surface area contributed by atoms with Crippen molar-refractivity contribution in [1.82, 2.24) is 40.1 Å². The largest absolute Gasteiger partial charge is 0.491 e. The number of anilines is 2. The first kappa shape index (κ1) is 17.3. The quantitative estimate of drug-likeness (QED) is 0.416. The molecule has 0 aliphatic carbocycles. The summed E-state index contributed by atoms with van der Waals surface area (Å²) in [5.74, 6) is 1.23. The zero-order valence-electron chi connectivity index (χ0n) is 16.0. The molecule has 2 unspecified atom stereocenters. The Morgan fingerprint density at radius 2 is 2.07 bits per heavy atom. The second-order valence-electron chi connectivity index (χ2n) is 7.23. The molecule has 0 spiro atoms. The molecule has 1 saturated heterocycles. The molecule has 3 aromatic heterocycles. The third-order valence-electron chi connectivity index (χ3n) is 5.07. The maximum Gasteiger partial charge on any atom is 0.229 e. The molecule has 6 bridgehead atoms. The van der Waals surface area contributed by atoms with Gasteiger partial charge in [-0.3, -0.25) is 10.00 Å². The van der Waals surface area contributed by atoms with E-state index < -0.39 is 0 Å². The summed E-state index contributed by atoms with van der Waals surface area (Å²) < 4.78 is 15.1. The van der Waals surface area contributed by atoms with E-state index in [9.17, 15) is 0 Å². The topological polar surface area (TPSA) is 120 Å². The van der Waals surface area contributed by atoms with E-state index in [-0.39, 0.29) is 12.3 Å². The number of rotatable bonds is 0. The first-order valence-electron chi connectivity index (χ1n) is 9.82. The van der Waals surface area contributed by atoms with Crippen LogP contribution in [-0.2, 0) is 11.3 Å². The Kier molecular flexibility index (Phi) is 4.06. The number of nitrogens with one attached hydrogen (secondary N) is 2. The third kappa shape index (κ3) is 3.33. The first-order valence-corrected chi connectivity index (χ1v) is 9.82. The molecule has 3 aliphatic heterocycles. The van der Waals surface area contributed by atoms with Gasteiger partial charge in [0.15, 0.2) is 11.2 Å². The maximum absolute atomic E-state index is 5.85. The summed E-state index contributed by atoms with van der Waals surface area (Å²) >= 11 is 0. The van der Waals surface area contributed by atoms with Crippen molar-refractivity contribution in [3.63, 3.8) is 0 Å². The third-order valence-corrected chi connectivity index (χ3v) is 5.07. The van der Waals surface area contributed by atoms with Gasteiger partial charge in [0.1, 0.15) is 24.7 Å². The molecule has 6 heterocycles. The van der Waals surface area contributed by atoms with Crippen LogP contribution in [-0.4, -0.2) is 60.2 Å². The van der Waals surface area contributed by atoms with E-state index in [0.29, 0.717) is 23.7 Å². The maximum atomic E-state index is 5.85. The van der Waals surface area contributed by atoms with E-state index in [2.05, 4.69) is 36.0 Å². The molecule has 1 fully saturated rings. The molecule has 0 radical (unpaired) electrons. The lowest BCUT2D eigenvalue weighted by Crippen LogP contribution is -2.24. The van der Waals surface area contributed by atoms with Crippen LogP contribution in [0.4, 0.5) is 11.6 Å². The van der Waals surface area contributed by atoms with Gasteiger partial charge < -0.3 is 14.8 Å². The van der Waals surface area contributed by atoms with E-state index in [0.717, 1.165) is 36.6 Å².